The Morgan fingerprint density at radius 3 is 1.88 bits per heavy atom. The lowest BCUT2D eigenvalue weighted by Crippen LogP contribution is -2.63. The summed E-state index contributed by atoms with van der Waals surface area (Å²) < 4.78 is 11.2. The Morgan fingerprint density at radius 2 is 1.26 bits per heavy atom. The van der Waals surface area contributed by atoms with Crippen LogP contribution in [0.2, 0.25) is 0 Å². The second-order valence-corrected chi connectivity index (χ2v) is 10.2. The molecule has 0 radical (unpaired) electrons. The van der Waals surface area contributed by atoms with Crippen LogP contribution in [0, 0.1) is 13.8 Å². The monoisotopic (exact) mass is 570 g/mol. The van der Waals surface area contributed by atoms with Gasteiger partial charge in [0.25, 0.3) is 0 Å². The molecule has 10 heteroatoms. The molecule has 2 unspecified atom stereocenters. The van der Waals surface area contributed by atoms with E-state index in [-0.39, 0.29) is 40.7 Å². The number of nitrogens with one attached hydrogen (secondary N) is 1. The van der Waals surface area contributed by atoms with E-state index < -0.39 is 35.5 Å². The van der Waals surface area contributed by atoms with Crippen LogP contribution in [0.4, 0.5) is 11.4 Å². The number of phenols is 4. The van der Waals surface area contributed by atoms with Gasteiger partial charge in [-0.2, -0.15) is 0 Å². The second kappa shape index (κ2) is 11.9. The summed E-state index contributed by atoms with van der Waals surface area (Å²) in [5.74, 6) is -2.84. The molecule has 218 valence electrons. The molecule has 1 aliphatic carbocycles. The molecule has 1 aliphatic rings. The number of ether oxygens (including phenoxy) is 2. The Kier molecular flexibility index (Phi) is 8.10. The fourth-order valence-electron chi connectivity index (χ4n) is 5.10. The number of aliphatic imine (C=N–C) groups is 1. The summed E-state index contributed by atoms with van der Waals surface area (Å²) in [4.78, 5) is 4.18. The van der Waals surface area contributed by atoms with Gasteiger partial charge in [0.05, 0.1) is 5.69 Å². The highest BCUT2D eigenvalue weighted by Gasteiger charge is 2.43. The molecular weight excluding hydrogens is 540 g/mol. The molecule has 0 spiro atoms. The summed E-state index contributed by atoms with van der Waals surface area (Å²) in [6.45, 7) is 3.81. The molecule has 1 saturated carbocycles. The summed E-state index contributed by atoms with van der Waals surface area (Å²) >= 11 is 0. The van der Waals surface area contributed by atoms with Gasteiger partial charge in [-0.05, 0) is 49.9 Å². The van der Waals surface area contributed by atoms with Gasteiger partial charge in [0.15, 0.2) is 13.1 Å². The van der Waals surface area contributed by atoms with Crippen molar-refractivity contribution in [3.63, 3.8) is 0 Å². The molecule has 1 fully saturated rings. The van der Waals surface area contributed by atoms with E-state index in [9.17, 15) is 30.6 Å². The fourth-order valence-corrected chi connectivity index (χ4v) is 5.10. The first-order chi connectivity index (χ1) is 20.1. The largest absolute Gasteiger partial charge is 0.851 e. The highest BCUT2D eigenvalue weighted by molar-refractivity contribution is 5.69. The molecule has 0 amide bonds. The number of anilines is 1. The number of hydrogen-bond acceptors (Lipinski definition) is 10. The normalized spacial score (nSPS) is 19.8. The highest BCUT2D eigenvalue weighted by Crippen LogP contribution is 2.54. The molecule has 10 nitrogen and oxygen atoms in total. The summed E-state index contributed by atoms with van der Waals surface area (Å²) in [5.41, 5.74) is 2.30. The van der Waals surface area contributed by atoms with Gasteiger partial charge in [-0.15, -0.1) is 12.2 Å². The van der Waals surface area contributed by atoms with Gasteiger partial charge >= 0.3 is 0 Å². The Morgan fingerprint density at radius 1 is 0.738 bits per heavy atom. The first-order valence-electron chi connectivity index (χ1n) is 13.2. The Balaban J connectivity index is 1.38. The maximum absolute atomic E-state index is 13.6. The fraction of sp³-hybridized carbons (Fsp3) is 0.219. The molecule has 0 aliphatic heterocycles. The maximum Gasteiger partial charge on any atom is 0.181 e. The predicted octanol–water partition coefficient (Wildman–Crippen LogP) is 3.65. The lowest BCUT2D eigenvalue weighted by molar-refractivity contribution is -0.536. The van der Waals surface area contributed by atoms with Crippen molar-refractivity contribution in [3.05, 3.63) is 95.1 Å². The van der Waals surface area contributed by atoms with Crippen LogP contribution in [-0.2, 0) is 0 Å². The first-order valence-corrected chi connectivity index (χ1v) is 13.2. The smallest absolute Gasteiger partial charge is 0.181 e. The third kappa shape index (κ3) is 5.90. The van der Waals surface area contributed by atoms with Crippen LogP contribution in [0.3, 0.4) is 0 Å². The zero-order valence-corrected chi connectivity index (χ0v) is 22.9. The van der Waals surface area contributed by atoms with Crippen LogP contribution < -0.4 is 25.0 Å². The molecule has 0 heterocycles. The molecule has 0 bridgehead atoms. The number of benzene rings is 4. The Labute approximate surface area is 242 Å². The third-order valence-corrected chi connectivity index (χ3v) is 7.27. The average Bonchev–Trinajstić information content (AvgIpc) is 2.94. The van der Waals surface area contributed by atoms with E-state index in [1.807, 2.05) is 38.1 Å². The van der Waals surface area contributed by atoms with E-state index in [0.29, 0.717) is 11.5 Å². The standard InChI is InChI=1S/C32H30N2O8/c1-17-3-7-21(8-4-17)41-15-33-23-11-19(35)13-25(37)27(23)29-31(39)30(32(29)40)28-24(12-20(36)14-26(28)38)34-16-42-22-9-5-18(2)6-10-22/h3-15,29-32,34-38H,16H2,1-2H3/q-2. The van der Waals surface area contributed by atoms with Gasteiger partial charge in [-0.1, -0.05) is 35.4 Å². The van der Waals surface area contributed by atoms with Crippen LogP contribution >= 0.6 is 0 Å². The van der Waals surface area contributed by atoms with E-state index in [1.165, 1.54) is 12.1 Å². The first kappa shape index (κ1) is 28.6. The van der Waals surface area contributed by atoms with Gasteiger partial charge in [-0.3, -0.25) is 0 Å². The zero-order valence-electron chi connectivity index (χ0n) is 22.9. The van der Waals surface area contributed by atoms with Gasteiger partial charge in [-0.25, -0.2) is 4.99 Å². The van der Waals surface area contributed by atoms with Gasteiger partial charge in [0.1, 0.15) is 34.5 Å². The summed E-state index contributed by atoms with van der Waals surface area (Å²) in [6.07, 6.45) is -2.09. The summed E-state index contributed by atoms with van der Waals surface area (Å²) in [7, 11) is 0. The van der Waals surface area contributed by atoms with E-state index in [2.05, 4.69) is 10.3 Å². The minimum atomic E-state index is -1.59. The van der Waals surface area contributed by atoms with Gasteiger partial charge < -0.3 is 45.4 Å². The van der Waals surface area contributed by atoms with Crippen molar-refractivity contribution < 1.29 is 40.1 Å². The number of phenolic OH excluding ortho intramolecular Hbond substituents is 4. The number of nitrogens with zero attached hydrogens (tertiary/aromatic N) is 1. The van der Waals surface area contributed by atoms with Crippen LogP contribution in [0.25, 0.3) is 0 Å². The van der Waals surface area contributed by atoms with Crippen LogP contribution in [0.5, 0.6) is 34.5 Å². The van der Waals surface area contributed by atoms with Crippen LogP contribution in [0.1, 0.15) is 34.1 Å². The average molecular weight is 571 g/mol. The number of aromatic hydroxyl groups is 4. The molecule has 4 aromatic rings. The number of aryl methyl sites for hydroxylation is 2. The minimum Gasteiger partial charge on any atom is -0.851 e. The van der Waals surface area contributed by atoms with E-state index in [4.69, 9.17) is 9.47 Å². The SMILES string of the molecule is Cc1ccc(OC=Nc2cc(O)cc(O)c2C2C([O-])C(c3c(O)cc(O)cc3NCOc3ccc(C)cc3)C2[O-])cc1. The van der Waals surface area contributed by atoms with Crippen molar-refractivity contribution in [2.75, 3.05) is 12.0 Å². The minimum absolute atomic E-state index is 0.00420. The summed E-state index contributed by atoms with van der Waals surface area (Å²) in [6, 6.07) is 19.1. The quantitative estimate of drug-likeness (QED) is 0.114. The summed E-state index contributed by atoms with van der Waals surface area (Å²) in [5, 5.41) is 71.7. The molecule has 5 N–H and O–H groups in total. The van der Waals surface area contributed by atoms with Crippen molar-refractivity contribution >= 4 is 17.8 Å². The van der Waals surface area contributed by atoms with Crippen molar-refractivity contribution in [1.82, 2.24) is 0 Å². The van der Waals surface area contributed by atoms with E-state index in [0.717, 1.165) is 29.7 Å². The number of rotatable bonds is 9. The van der Waals surface area contributed by atoms with Crippen molar-refractivity contribution in [2.45, 2.75) is 37.9 Å². The topological polar surface area (TPSA) is 170 Å². The molecular formula is C32H30N2O8-2. The molecule has 42 heavy (non-hydrogen) atoms. The second-order valence-electron chi connectivity index (χ2n) is 10.2. The highest BCUT2D eigenvalue weighted by atomic mass is 16.5. The van der Waals surface area contributed by atoms with Crippen molar-refractivity contribution in [3.8, 4) is 34.5 Å². The van der Waals surface area contributed by atoms with Crippen molar-refractivity contribution in [1.29, 1.82) is 0 Å². The van der Waals surface area contributed by atoms with Gasteiger partial charge in [0.2, 0.25) is 0 Å². The molecule has 0 saturated heterocycles. The van der Waals surface area contributed by atoms with E-state index >= 15 is 0 Å². The van der Waals surface area contributed by atoms with Crippen LogP contribution in [0.15, 0.2) is 77.8 Å². The molecule has 4 aromatic carbocycles. The molecule has 2 atom stereocenters. The van der Waals surface area contributed by atoms with Crippen molar-refractivity contribution in [2.24, 2.45) is 4.99 Å². The van der Waals surface area contributed by atoms with Crippen LogP contribution in [-0.4, -0.2) is 45.8 Å². The zero-order chi connectivity index (χ0) is 30.0. The molecule has 0 aromatic heterocycles. The Bertz CT molecular complexity index is 1580. The third-order valence-electron chi connectivity index (χ3n) is 7.27. The lowest BCUT2D eigenvalue weighted by atomic mass is 9.62. The van der Waals surface area contributed by atoms with E-state index in [1.54, 1.807) is 24.3 Å². The van der Waals surface area contributed by atoms with Gasteiger partial charge in [0, 0.05) is 41.1 Å². The maximum atomic E-state index is 13.6. The lowest BCUT2D eigenvalue weighted by Gasteiger charge is -2.62. The Hall–Kier alpha value is -4.93. The number of hydrogen-bond donors (Lipinski definition) is 5. The molecule has 5 rings (SSSR count). The predicted molar refractivity (Wildman–Crippen MR) is 153 cm³/mol.